The number of rotatable bonds is 4. The first-order chi connectivity index (χ1) is 14.9. The van der Waals surface area contributed by atoms with Crippen molar-refractivity contribution in [3.63, 3.8) is 0 Å². The number of pyridine rings is 1. The molecule has 31 heavy (non-hydrogen) atoms. The molecular weight excluding hydrogens is 445 g/mol. The maximum atomic E-state index is 12.2. The summed E-state index contributed by atoms with van der Waals surface area (Å²) in [6.45, 7) is 0. The highest BCUT2D eigenvalue weighted by atomic mass is 35.5. The summed E-state index contributed by atoms with van der Waals surface area (Å²) >= 11 is 12.7. The van der Waals surface area contributed by atoms with Crippen LogP contribution >= 0.6 is 23.2 Å². The maximum absolute atomic E-state index is 12.2. The van der Waals surface area contributed by atoms with Gasteiger partial charge in [-0.3, -0.25) is 14.6 Å². The monoisotopic (exact) mass is 459 g/mol. The molecule has 3 aromatic rings. The molecule has 1 fully saturated rings. The molecule has 0 saturated heterocycles. The molecule has 0 aliphatic heterocycles. The molecule has 9 nitrogen and oxygen atoms in total. The van der Waals surface area contributed by atoms with Gasteiger partial charge in [0.1, 0.15) is 11.8 Å². The van der Waals surface area contributed by atoms with Crippen molar-refractivity contribution in [2.75, 3.05) is 0 Å². The molecule has 11 heteroatoms. The van der Waals surface area contributed by atoms with Gasteiger partial charge in [-0.1, -0.05) is 36.0 Å². The van der Waals surface area contributed by atoms with Gasteiger partial charge in [0.15, 0.2) is 5.75 Å². The molecule has 0 unspecified atom stereocenters. The van der Waals surface area contributed by atoms with Gasteiger partial charge in [0, 0.05) is 12.1 Å². The SMILES string of the molecule is N#Cc1nn(-c2cc(Cl)c(Oc3ccc(=O)n(C4CCCC4)c3)c(Cl)c2)c(=O)[nH]c1=O. The van der Waals surface area contributed by atoms with Gasteiger partial charge >= 0.3 is 5.69 Å². The number of hydrogen-bond donors (Lipinski definition) is 1. The number of benzene rings is 1. The summed E-state index contributed by atoms with van der Waals surface area (Å²) in [5, 5.41) is 12.8. The first-order valence-electron chi connectivity index (χ1n) is 9.40. The molecule has 0 amide bonds. The van der Waals surface area contributed by atoms with Crippen LogP contribution in [0.1, 0.15) is 37.4 Å². The second kappa shape index (κ2) is 8.41. The Kier molecular flexibility index (Phi) is 5.67. The molecule has 4 rings (SSSR count). The average molecular weight is 460 g/mol. The number of nitriles is 1. The molecule has 1 aliphatic carbocycles. The molecule has 2 heterocycles. The Balaban J connectivity index is 1.70. The molecular formula is C20H15Cl2N5O4. The van der Waals surface area contributed by atoms with Gasteiger partial charge in [0.25, 0.3) is 11.1 Å². The van der Waals surface area contributed by atoms with E-state index in [1.807, 2.05) is 4.98 Å². The molecule has 0 spiro atoms. The first-order valence-corrected chi connectivity index (χ1v) is 10.2. The van der Waals surface area contributed by atoms with E-state index in [0.717, 1.165) is 30.4 Å². The standard InChI is InChI=1S/C20H15Cl2N5O4/c21-14-7-12(27-20(30)24-19(29)16(9-23)25-27)8-15(22)18(14)31-13-5-6-17(28)26(10-13)11-3-1-2-4-11/h5-8,10-11H,1-4H2,(H,24,29,30). The summed E-state index contributed by atoms with van der Waals surface area (Å²) in [5.41, 5.74) is -2.20. The highest BCUT2D eigenvalue weighted by molar-refractivity contribution is 6.37. The van der Waals surface area contributed by atoms with Crippen LogP contribution in [0.2, 0.25) is 10.0 Å². The van der Waals surface area contributed by atoms with E-state index in [1.54, 1.807) is 16.8 Å². The van der Waals surface area contributed by atoms with Crippen molar-refractivity contribution < 1.29 is 4.74 Å². The van der Waals surface area contributed by atoms with Crippen molar-refractivity contribution in [2.45, 2.75) is 31.7 Å². The summed E-state index contributed by atoms with van der Waals surface area (Å²) in [4.78, 5) is 37.9. The third kappa shape index (κ3) is 4.13. The number of aromatic amines is 1. The summed E-state index contributed by atoms with van der Waals surface area (Å²) in [5.74, 6) is 0.510. The highest BCUT2D eigenvalue weighted by Gasteiger charge is 2.19. The van der Waals surface area contributed by atoms with E-state index in [9.17, 15) is 14.4 Å². The average Bonchev–Trinajstić information content (AvgIpc) is 3.26. The molecule has 1 N–H and O–H groups in total. The first kappa shape index (κ1) is 20.9. The molecule has 0 radical (unpaired) electrons. The van der Waals surface area contributed by atoms with E-state index in [1.165, 1.54) is 24.3 Å². The minimum absolute atomic E-state index is 0.0690. The van der Waals surface area contributed by atoms with Gasteiger partial charge < -0.3 is 9.30 Å². The van der Waals surface area contributed by atoms with Crippen molar-refractivity contribution in [3.8, 4) is 23.3 Å². The number of nitrogens with zero attached hydrogens (tertiary/aromatic N) is 4. The van der Waals surface area contributed by atoms with Crippen LogP contribution in [0.4, 0.5) is 0 Å². The summed E-state index contributed by atoms with van der Waals surface area (Å²) in [7, 11) is 0. The van der Waals surface area contributed by atoms with Crippen molar-refractivity contribution in [1.29, 1.82) is 5.26 Å². The van der Waals surface area contributed by atoms with E-state index in [2.05, 4.69) is 5.10 Å². The Morgan fingerprint density at radius 1 is 1.13 bits per heavy atom. The van der Waals surface area contributed by atoms with Crippen LogP contribution in [0, 0.1) is 11.3 Å². The van der Waals surface area contributed by atoms with Crippen LogP contribution in [0.25, 0.3) is 5.69 Å². The van der Waals surface area contributed by atoms with Crippen molar-refractivity contribution >= 4 is 23.2 Å². The molecule has 2 aromatic heterocycles. The van der Waals surface area contributed by atoms with Crippen LogP contribution in [0.3, 0.4) is 0 Å². The van der Waals surface area contributed by atoms with E-state index < -0.39 is 16.9 Å². The highest BCUT2D eigenvalue weighted by Crippen LogP contribution is 2.38. The van der Waals surface area contributed by atoms with E-state index in [-0.39, 0.29) is 33.1 Å². The Morgan fingerprint density at radius 3 is 2.45 bits per heavy atom. The normalized spacial score (nSPS) is 13.8. The van der Waals surface area contributed by atoms with E-state index in [0.29, 0.717) is 5.75 Å². The predicted octanol–water partition coefficient (Wildman–Crippen LogP) is 3.17. The van der Waals surface area contributed by atoms with Crippen molar-refractivity contribution in [3.05, 3.63) is 77.4 Å². The molecule has 0 bridgehead atoms. The minimum Gasteiger partial charge on any atom is -0.453 e. The van der Waals surface area contributed by atoms with Crippen molar-refractivity contribution in [2.24, 2.45) is 0 Å². The van der Waals surface area contributed by atoms with E-state index >= 15 is 0 Å². The lowest BCUT2D eigenvalue weighted by Crippen LogP contribution is -2.33. The number of hydrogen-bond acceptors (Lipinski definition) is 6. The fourth-order valence-corrected chi connectivity index (χ4v) is 4.10. The van der Waals surface area contributed by atoms with Crippen LogP contribution < -0.4 is 21.5 Å². The Morgan fingerprint density at radius 2 is 1.81 bits per heavy atom. The third-order valence-corrected chi connectivity index (χ3v) is 5.57. The second-order valence-electron chi connectivity index (χ2n) is 7.02. The Hall–Kier alpha value is -3.35. The van der Waals surface area contributed by atoms with Crippen LogP contribution in [-0.2, 0) is 0 Å². The molecule has 1 aromatic carbocycles. The zero-order valence-corrected chi connectivity index (χ0v) is 17.5. The maximum Gasteiger partial charge on any atom is 0.349 e. The Bertz CT molecular complexity index is 1360. The number of nitrogens with one attached hydrogen (secondary N) is 1. The number of H-pyrrole nitrogens is 1. The lowest BCUT2D eigenvalue weighted by molar-refractivity contribution is 0.451. The summed E-state index contributed by atoms with van der Waals surface area (Å²) < 4.78 is 8.30. The number of halogens is 2. The van der Waals surface area contributed by atoms with Crippen LogP contribution in [0.5, 0.6) is 11.5 Å². The fourth-order valence-electron chi connectivity index (χ4n) is 3.54. The topological polar surface area (TPSA) is 123 Å². The number of ether oxygens (including phenoxy) is 1. The van der Waals surface area contributed by atoms with Gasteiger partial charge in [-0.05, 0) is 31.0 Å². The Labute approximate surface area is 185 Å². The molecule has 1 saturated carbocycles. The largest absolute Gasteiger partial charge is 0.453 e. The van der Waals surface area contributed by atoms with Gasteiger partial charge in [0.2, 0.25) is 5.69 Å². The zero-order chi connectivity index (χ0) is 22.1. The van der Waals surface area contributed by atoms with Crippen LogP contribution in [0.15, 0.2) is 44.8 Å². The zero-order valence-electron chi connectivity index (χ0n) is 16.0. The lowest BCUT2D eigenvalue weighted by Gasteiger charge is -2.16. The number of aromatic nitrogens is 4. The lowest BCUT2D eigenvalue weighted by atomic mass is 10.2. The summed E-state index contributed by atoms with van der Waals surface area (Å²) in [6, 6.07) is 7.43. The molecule has 1 aliphatic rings. The fraction of sp³-hybridized carbons (Fsp3) is 0.250. The van der Waals surface area contributed by atoms with Gasteiger partial charge in [-0.15, -0.1) is 5.10 Å². The minimum atomic E-state index is -0.890. The van der Waals surface area contributed by atoms with E-state index in [4.69, 9.17) is 33.2 Å². The van der Waals surface area contributed by atoms with Crippen molar-refractivity contribution in [1.82, 2.24) is 19.3 Å². The van der Waals surface area contributed by atoms with Gasteiger partial charge in [-0.25, -0.2) is 4.79 Å². The van der Waals surface area contributed by atoms with Crippen LogP contribution in [-0.4, -0.2) is 19.3 Å². The molecule has 158 valence electrons. The summed E-state index contributed by atoms with van der Waals surface area (Å²) in [6.07, 6.45) is 5.66. The van der Waals surface area contributed by atoms with Gasteiger partial charge in [-0.2, -0.15) is 9.94 Å². The quantitative estimate of drug-likeness (QED) is 0.638. The second-order valence-corrected chi connectivity index (χ2v) is 7.84. The van der Waals surface area contributed by atoms with Gasteiger partial charge in [0.05, 0.1) is 21.9 Å². The molecule has 0 atom stereocenters. The predicted molar refractivity (Wildman–Crippen MR) is 113 cm³/mol. The smallest absolute Gasteiger partial charge is 0.349 e. The third-order valence-electron chi connectivity index (χ3n) is 5.01.